The summed E-state index contributed by atoms with van der Waals surface area (Å²) in [5, 5.41) is 13.3. The van der Waals surface area contributed by atoms with Crippen LogP contribution >= 0.6 is 0 Å². The fraction of sp³-hybridized carbons (Fsp3) is 0.444. The molecule has 0 unspecified atom stereocenters. The van der Waals surface area contributed by atoms with Crippen molar-refractivity contribution >= 4 is 23.1 Å². The molecular weight excluding hydrogens is 498 g/mol. The topological polar surface area (TPSA) is 129 Å². The van der Waals surface area contributed by atoms with E-state index in [0.29, 0.717) is 32.1 Å². The van der Waals surface area contributed by atoms with Gasteiger partial charge in [-0.25, -0.2) is 19.0 Å². The molecule has 0 aliphatic carbocycles. The zero-order chi connectivity index (χ0) is 27.1. The summed E-state index contributed by atoms with van der Waals surface area (Å²) in [5.74, 6) is 0.392. The first kappa shape index (κ1) is 25.1. The molecule has 6 rings (SSSR count). The summed E-state index contributed by atoms with van der Waals surface area (Å²) in [6.07, 6.45) is 4.72. The van der Waals surface area contributed by atoms with Gasteiger partial charge in [-0.3, -0.25) is 0 Å². The van der Waals surface area contributed by atoms with Gasteiger partial charge < -0.3 is 25.0 Å². The summed E-state index contributed by atoms with van der Waals surface area (Å²) in [4.78, 5) is 20.6. The van der Waals surface area contributed by atoms with Crippen molar-refractivity contribution in [2.45, 2.75) is 44.8 Å². The highest BCUT2D eigenvalue weighted by Gasteiger charge is 2.33. The molecule has 1 aromatic carbocycles. The number of carbonyl (C=O) groups excluding carboxylic acids is 1. The number of fused-ring (bicyclic) bond motifs is 1. The van der Waals surface area contributed by atoms with Crippen molar-refractivity contribution in [3.05, 3.63) is 42.9 Å². The van der Waals surface area contributed by atoms with Crippen LogP contribution in [0, 0.1) is 0 Å². The SMILES string of the molecule is COC(=O)N1C[C@@H](C)N(c2cccc(-c3cc(-c4cnnn4C4CCOCC4)c4c(N)ncnn34)c2)[C@@H](C)C1. The second kappa shape index (κ2) is 10.2. The quantitative estimate of drug-likeness (QED) is 0.422. The first-order valence-electron chi connectivity index (χ1n) is 13.3. The van der Waals surface area contributed by atoms with Crippen molar-refractivity contribution in [3.8, 4) is 22.5 Å². The van der Waals surface area contributed by atoms with Gasteiger partial charge >= 0.3 is 6.09 Å². The molecule has 12 nitrogen and oxygen atoms in total. The fourth-order valence-corrected chi connectivity index (χ4v) is 6.04. The number of nitrogen functional groups attached to an aromatic ring is 1. The van der Waals surface area contributed by atoms with Crippen molar-refractivity contribution in [1.29, 1.82) is 0 Å². The van der Waals surface area contributed by atoms with Crippen molar-refractivity contribution in [2.24, 2.45) is 0 Å². The molecule has 0 spiro atoms. The van der Waals surface area contributed by atoms with Crippen LogP contribution in [0.1, 0.15) is 32.7 Å². The fourth-order valence-electron chi connectivity index (χ4n) is 6.04. The Balaban J connectivity index is 1.40. The van der Waals surface area contributed by atoms with Gasteiger partial charge in [-0.2, -0.15) is 5.10 Å². The molecule has 3 aromatic heterocycles. The molecule has 1 amide bonds. The third-order valence-electron chi connectivity index (χ3n) is 7.76. The normalized spacial score (nSPS) is 20.5. The zero-order valence-corrected chi connectivity index (χ0v) is 22.4. The van der Waals surface area contributed by atoms with Gasteiger partial charge in [-0.05, 0) is 44.9 Å². The third kappa shape index (κ3) is 4.44. The minimum Gasteiger partial charge on any atom is -0.453 e. The molecule has 4 aromatic rings. The van der Waals surface area contributed by atoms with E-state index in [4.69, 9.17) is 15.2 Å². The number of anilines is 2. The molecule has 2 aliphatic rings. The Bertz CT molecular complexity index is 1480. The van der Waals surface area contributed by atoms with Crippen LogP contribution in [0.4, 0.5) is 16.3 Å². The number of nitrogens with zero attached hydrogens (tertiary/aromatic N) is 8. The molecule has 2 fully saturated rings. The van der Waals surface area contributed by atoms with Crippen LogP contribution in [0.3, 0.4) is 0 Å². The lowest BCUT2D eigenvalue weighted by atomic mass is 10.0. The molecule has 204 valence electrons. The Kier molecular flexibility index (Phi) is 6.55. The lowest BCUT2D eigenvalue weighted by Gasteiger charge is -2.45. The van der Waals surface area contributed by atoms with Gasteiger partial charge in [-0.15, -0.1) is 5.10 Å². The number of hydrogen-bond donors (Lipinski definition) is 1. The number of benzene rings is 1. The van der Waals surface area contributed by atoms with Gasteiger partial charge in [0, 0.05) is 55.2 Å². The minimum absolute atomic E-state index is 0.112. The highest BCUT2D eigenvalue weighted by atomic mass is 16.5. The molecule has 12 heteroatoms. The highest BCUT2D eigenvalue weighted by molar-refractivity contribution is 5.91. The average Bonchev–Trinajstić information content (AvgIpc) is 3.59. The maximum atomic E-state index is 12.2. The van der Waals surface area contributed by atoms with E-state index in [1.165, 1.54) is 13.4 Å². The largest absolute Gasteiger partial charge is 0.453 e. The van der Waals surface area contributed by atoms with Gasteiger partial charge in [0.25, 0.3) is 0 Å². The maximum absolute atomic E-state index is 12.2. The molecule has 2 aliphatic heterocycles. The van der Waals surface area contributed by atoms with Crippen LogP contribution in [-0.4, -0.2) is 86.1 Å². The number of nitrogens with two attached hydrogens (primary N) is 1. The lowest BCUT2D eigenvalue weighted by molar-refractivity contribution is 0.0662. The molecule has 0 bridgehead atoms. The minimum atomic E-state index is -0.291. The summed E-state index contributed by atoms with van der Waals surface area (Å²) in [6.45, 7) is 6.84. The standard InChI is InChI=1S/C27H33N9O3/c1-17-14-33(27(37)38-3)15-18(2)34(17)21-6-4-5-19(11-21)23-12-22(25-26(28)29-16-31-36(23)25)24-13-30-32-35(24)20-7-9-39-10-8-20/h4-6,11-13,16-18,20H,7-10,14-15H2,1-3H3,(H2,28,29,31)/t17-,18+. The van der Waals surface area contributed by atoms with E-state index < -0.39 is 0 Å². The van der Waals surface area contributed by atoms with Crippen LogP contribution in [0.2, 0.25) is 0 Å². The summed E-state index contributed by atoms with van der Waals surface area (Å²) in [5.41, 5.74) is 11.9. The van der Waals surface area contributed by atoms with Crippen LogP contribution in [0.15, 0.2) is 42.9 Å². The van der Waals surface area contributed by atoms with E-state index in [9.17, 15) is 4.79 Å². The number of rotatable bonds is 4. The van der Waals surface area contributed by atoms with Gasteiger partial charge in [0.1, 0.15) is 11.8 Å². The highest BCUT2D eigenvalue weighted by Crippen LogP contribution is 2.37. The average molecular weight is 532 g/mol. The number of carbonyl (C=O) groups is 1. The molecule has 0 radical (unpaired) electrons. The predicted octanol–water partition coefficient (Wildman–Crippen LogP) is 3.25. The molecule has 39 heavy (non-hydrogen) atoms. The van der Waals surface area contributed by atoms with E-state index >= 15 is 0 Å². The molecule has 2 saturated heterocycles. The van der Waals surface area contributed by atoms with Crippen LogP contribution in [-0.2, 0) is 9.47 Å². The zero-order valence-electron chi connectivity index (χ0n) is 22.4. The van der Waals surface area contributed by atoms with E-state index in [2.05, 4.69) is 63.4 Å². The predicted molar refractivity (Wildman–Crippen MR) is 146 cm³/mol. The van der Waals surface area contributed by atoms with E-state index in [-0.39, 0.29) is 24.2 Å². The molecule has 2 atom stereocenters. The van der Waals surface area contributed by atoms with Gasteiger partial charge in [0.2, 0.25) is 0 Å². The number of hydrogen-bond acceptors (Lipinski definition) is 9. The summed E-state index contributed by atoms with van der Waals surface area (Å²) in [7, 11) is 1.42. The van der Waals surface area contributed by atoms with E-state index in [0.717, 1.165) is 46.6 Å². The number of aromatic nitrogens is 6. The van der Waals surface area contributed by atoms with Crippen LogP contribution in [0.25, 0.3) is 28.0 Å². The molecule has 5 heterocycles. The Labute approximate surface area is 226 Å². The lowest BCUT2D eigenvalue weighted by Crippen LogP contribution is -2.58. The van der Waals surface area contributed by atoms with Crippen molar-refractivity contribution in [3.63, 3.8) is 0 Å². The monoisotopic (exact) mass is 531 g/mol. The van der Waals surface area contributed by atoms with Gasteiger partial charge in [0.15, 0.2) is 5.82 Å². The summed E-state index contributed by atoms with van der Waals surface area (Å²) in [6, 6.07) is 10.9. The molecule has 0 saturated carbocycles. The first-order valence-corrected chi connectivity index (χ1v) is 13.3. The Hall–Kier alpha value is -4.19. The van der Waals surface area contributed by atoms with Crippen molar-refractivity contribution in [2.75, 3.05) is 44.0 Å². The Morgan fingerprint density at radius 2 is 1.87 bits per heavy atom. The Morgan fingerprint density at radius 1 is 1.10 bits per heavy atom. The van der Waals surface area contributed by atoms with Crippen LogP contribution in [0.5, 0.6) is 0 Å². The van der Waals surface area contributed by atoms with Gasteiger partial charge in [0.05, 0.1) is 30.7 Å². The summed E-state index contributed by atoms with van der Waals surface area (Å²) < 4.78 is 14.3. The smallest absolute Gasteiger partial charge is 0.409 e. The van der Waals surface area contributed by atoms with Gasteiger partial charge in [-0.1, -0.05) is 17.3 Å². The number of methoxy groups -OCH3 is 1. The third-order valence-corrected chi connectivity index (χ3v) is 7.76. The van der Waals surface area contributed by atoms with Crippen molar-refractivity contribution < 1.29 is 14.3 Å². The van der Waals surface area contributed by atoms with Crippen molar-refractivity contribution in [1.82, 2.24) is 34.5 Å². The molecular formula is C27H33N9O3. The summed E-state index contributed by atoms with van der Waals surface area (Å²) >= 11 is 0. The second-order valence-corrected chi connectivity index (χ2v) is 10.3. The maximum Gasteiger partial charge on any atom is 0.409 e. The number of ether oxygens (including phenoxy) is 2. The van der Waals surface area contributed by atoms with E-state index in [1.54, 1.807) is 11.1 Å². The Morgan fingerprint density at radius 3 is 2.62 bits per heavy atom. The second-order valence-electron chi connectivity index (χ2n) is 10.3. The first-order chi connectivity index (χ1) is 19.0. The van der Waals surface area contributed by atoms with Crippen LogP contribution < -0.4 is 10.6 Å². The number of amides is 1. The van der Waals surface area contributed by atoms with E-state index in [1.807, 2.05) is 15.3 Å². The number of piperazine rings is 1. The molecule has 2 N–H and O–H groups in total.